The number of benzene rings is 2. The monoisotopic (exact) mass is 1530 g/mol. The van der Waals surface area contributed by atoms with Gasteiger partial charge in [-0.15, -0.1) is 0 Å². The molecule has 0 saturated heterocycles. The molecule has 0 aromatic heterocycles. The van der Waals surface area contributed by atoms with Gasteiger partial charge in [-0.05, 0) is 139 Å². The number of allylic oxidation sites excluding steroid dienone is 8. The third-order valence-corrected chi connectivity index (χ3v) is 20.7. The predicted molar refractivity (Wildman–Crippen MR) is 434 cm³/mol. The number of hydrogen-bond acceptors (Lipinski definition) is 14. The first kappa shape index (κ1) is 101. The van der Waals surface area contributed by atoms with E-state index in [9.17, 15) is 45.1 Å². The summed E-state index contributed by atoms with van der Waals surface area (Å²) in [5.41, 5.74) is -0.683. The molecule has 0 saturated carbocycles. The summed E-state index contributed by atoms with van der Waals surface area (Å²) in [4.78, 5) is 50.4. The van der Waals surface area contributed by atoms with Crippen molar-refractivity contribution in [2.75, 3.05) is 26.4 Å². The van der Waals surface area contributed by atoms with Crippen molar-refractivity contribution in [3.63, 3.8) is 0 Å². The largest absolute Gasteiger partial charge is 2.00 e. The minimum Gasteiger partial charge on any atom is -0.744 e. The molecule has 2 rings (SSSR count). The molecule has 0 spiro atoms. The number of carbonyl (C=O) groups excluding carboxylic acids is 4. The fourth-order valence-electron chi connectivity index (χ4n) is 12.4. The summed E-state index contributed by atoms with van der Waals surface area (Å²) in [6.45, 7) is 9.63. The van der Waals surface area contributed by atoms with Gasteiger partial charge in [0.05, 0.1) is 58.5 Å². The summed E-state index contributed by atoms with van der Waals surface area (Å²) < 4.78 is 91.4. The SMILES string of the molecule is CCCC/C=C/CCCCCCCCCCCCOC(=O)c1ccc(S(=O)(=O)[O-])cc1C(=O)OCCCCCCCCCCCC/C=C/CCCC.CCCC/C=C/CCCCCCCCCCCCOC(=O)c1ccc(S(=O)(=O)[O-])cc1C(=O)OCCCCCCCCCCCC/C=C/CCCC.[Ca+2]. The first-order chi connectivity index (χ1) is 50.6. The Balaban J connectivity index is 0.00000204. The van der Waals surface area contributed by atoms with Crippen molar-refractivity contribution in [3.05, 3.63) is 107 Å². The van der Waals surface area contributed by atoms with Crippen molar-refractivity contribution < 1.29 is 64.1 Å². The van der Waals surface area contributed by atoms with Crippen molar-refractivity contribution in [3.8, 4) is 0 Å². The summed E-state index contributed by atoms with van der Waals surface area (Å²) >= 11 is 0. The minimum absolute atomic E-state index is 0. The van der Waals surface area contributed by atoms with Crippen LogP contribution in [0.1, 0.15) is 429 Å². The molecule has 2 aromatic rings. The van der Waals surface area contributed by atoms with Crippen molar-refractivity contribution in [1.82, 2.24) is 0 Å². The number of esters is 4. The summed E-state index contributed by atoms with van der Waals surface area (Å²) in [6.07, 6.45) is 84.2. The van der Waals surface area contributed by atoms with Gasteiger partial charge in [0, 0.05) is 0 Å². The van der Waals surface area contributed by atoms with Gasteiger partial charge in [0.25, 0.3) is 0 Å². The number of unbranched alkanes of at least 4 members (excludes halogenated alkanes) is 48. The molecule has 0 aliphatic rings. The molecule has 0 atom stereocenters. The first-order valence-electron chi connectivity index (χ1n) is 42.1. The number of carbonyl (C=O) groups is 4. The zero-order valence-electron chi connectivity index (χ0n) is 66.7. The molecular weight excluding hydrogens is 1390 g/mol. The second-order valence-electron chi connectivity index (χ2n) is 28.6. The molecule has 0 amide bonds. The molecule has 105 heavy (non-hydrogen) atoms. The number of hydrogen-bond donors (Lipinski definition) is 0. The van der Waals surface area contributed by atoms with Gasteiger partial charge >= 0.3 is 61.6 Å². The van der Waals surface area contributed by atoms with Crippen LogP contribution in [0.2, 0.25) is 0 Å². The zero-order chi connectivity index (χ0) is 75.9. The maximum absolute atomic E-state index is 12.9. The second-order valence-corrected chi connectivity index (χ2v) is 31.4. The van der Waals surface area contributed by atoms with Gasteiger partial charge < -0.3 is 28.1 Å². The molecule has 0 N–H and O–H groups in total. The smallest absolute Gasteiger partial charge is 0.744 e. The summed E-state index contributed by atoms with van der Waals surface area (Å²) in [6, 6.07) is 6.26. The molecule has 0 bridgehead atoms. The molecule has 0 heterocycles. The van der Waals surface area contributed by atoms with Crippen LogP contribution in [0.15, 0.2) is 94.8 Å². The molecule has 0 unspecified atom stereocenters. The Morgan fingerprint density at radius 2 is 0.419 bits per heavy atom. The average molecular weight is 1530 g/mol. The van der Waals surface area contributed by atoms with Gasteiger partial charge in [0.1, 0.15) is 20.2 Å². The van der Waals surface area contributed by atoms with E-state index >= 15 is 0 Å². The van der Waals surface area contributed by atoms with E-state index in [4.69, 9.17) is 18.9 Å². The first-order valence-corrected chi connectivity index (χ1v) is 44.9. The molecule has 0 aliphatic heterocycles. The fraction of sp³-hybridized carbons (Fsp3) is 0.727. The topological polar surface area (TPSA) is 220 Å². The van der Waals surface area contributed by atoms with Crippen LogP contribution in [0, 0.1) is 0 Å². The standard InChI is InChI=1S/2C44H74O7S.Ca/c2*1-3-5-7-9-11-13-15-17-19-21-23-25-27-29-31-33-37-50-43(45)41-36-35-40(52(47,48)49)39-42(41)44(46)51-38-34-32-30-28-26-24-22-20-18-16-14-12-10-8-6-4-2;/h2*9-12,35-36,39H,3-8,13-34,37-38H2,1-2H3,(H,47,48,49);/q;;+2/p-2/b2*11-9+,12-10+;. The van der Waals surface area contributed by atoms with Crippen LogP contribution in [0.5, 0.6) is 0 Å². The van der Waals surface area contributed by atoms with Crippen LogP contribution < -0.4 is 0 Å². The van der Waals surface area contributed by atoms with Crippen molar-refractivity contribution in [1.29, 1.82) is 0 Å². The fourth-order valence-corrected chi connectivity index (χ4v) is 13.4. The Bertz CT molecular complexity index is 2610. The van der Waals surface area contributed by atoms with E-state index in [1.807, 2.05) is 0 Å². The number of rotatable bonds is 70. The van der Waals surface area contributed by atoms with Crippen LogP contribution in [-0.2, 0) is 39.2 Å². The molecule has 0 radical (unpaired) electrons. The molecular formula is C88H146CaO14S2. The Labute approximate surface area is 671 Å². The number of ether oxygens (including phenoxy) is 4. The Morgan fingerprint density at radius 3 is 0.600 bits per heavy atom. The Morgan fingerprint density at radius 1 is 0.257 bits per heavy atom. The van der Waals surface area contributed by atoms with Crippen molar-refractivity contribution >= 4 is 81.9 Å². The summed E-state index contributed by atoms with van der Waals surface area (Å²) in [5, 5.41) is 0. The maximum atomic E-state index is 12.9. The van der Waals surface area contributed by atoms with Crippen LogP contribution in [-0.4, -0.2) is 114 Å². The Kier molecular flexibility index (Phi) is 70.6. The van der Waals surface area contributed by atoms with E-state index in [0.29, 0.717) is 25.7 Å². The van der Waals surface area contributed by atoms with Gasteiger partial charge in [0.15, 0.2) is 0 Å². The van der Waals surface area contributed by atoms with Crippen LogP contribution in [0.4, 0.5) is 0 Å². The van der Waals surface area contributed by atoms with Gasteiger partial charge in [-0.3, -0.25) is 0 Å². The van der Waals surface area contributed by atoms with E-state index in [0.717, 1.165) is 101 Å². The maximum Gasteiger partial charge on any atom is 2.00 e. The molecule has 17 heteroatoms. The average Bonchev–Trinajstić information content (AvgIpc) is 0.816. The third kappa shape index (κ3) is 60.8. The zero-order valence-corrected chi connectivity index (χ0v) is 70.6. The van der Waals surface area contributed by atoms with Gasteiger partial charge in [0.2, 0.25) is 0 Å². The van der Waals surface area contributed by atoms with Gasteiger partial charge in [-0.25, -0.2) is 36.0 Å². The molecule has 596 valence electrons. The summed E-state index contributed by atoms with van der Waals surface area (Å²) in [5.74, 6) is -3.10. The van der Waals surface area contributed by atoms with Crippen molar-refractivity contribution in [2.45, 2.75) is 397 Å². The quantitative estimate of drug-likeness (QED) is 0.0150. The summed E-state index contributed by atoms with van der Waals surface area (Å²) in [7, 11) is -9.63. The molecule has 2 aromatic carbocycles. The van der Waals surface area contributed by atoms with E-state index in [1.54, 1.807) is 0 Å². The van der Waals surface area contributed by atoms with Crippen molar-refractivity contribution in [2.24, 2.45) is 0 Å². The van der Waals surface area contributed by atoms with Crippen LogP contribution in [0.25, 0.3) is 0 Å². The predicted octanol–water partition coefficient (Wildman–Crippen LogP) is 25.6. The van der Waals surface area contributed by atoms with E-state index < -0.39 is 53.9 Å². The molecule has 0 aliphatic carbocycles. The van der Waals surface area contributed by atoms with Crippen LogP contribution >= 0.6 is 0 Å². The van der Waals surface area contributed by atoms with Crippen LogP contribution in [0.3, 0.4) is 0 Å². The van der Waals surface area contributed by atoms with E-state index in [2.05, 4.69) is 76.3 Å². The normalized spacial score (nSPS) is 11.8. The molecule has 14 nitrogen and oxygen atoms in total. The van der Waals surface area contributed by atoms with Gasteiger partial charge in [-0.2, -0.15) is 0 Å². The van der Waals surface area contributed by atoms with Gasteiger partial charge in [-0.1, -0.05) is 333 Å². The third-order valence-electron chi connectivity index (χ3n) is 19.0. The van der Waals surface area contributed by atoms with E-state index in [1.165, 1.54) is 269 Å². The minimum atomic E-state index is -4.81. The second kappa shape index (κ2) is 73.2. The van der Waals surface area contributed by atoms with E-state index in [-0.39, 0.29) is 86.4 Å². The molecule has 0 fully saturated rings. The Hall–Kier alpha value is -3.64.